The van der Waals surface area contributed by atoms with E-state index in [1.807, 2.05) is 0 Å². The Balaban J connectivity index is 2.97. The van der Waals surface area contributed by atoms with Gasteiger partial charge in [0.25, 0.3) is 0 Å². The molecular formula is C10H11BrO4. The second-order valence-corrected chi connectivity index (χ2v) is 3.94. The molecule has 0 bridgehead atoms. The zero-order valence-corrected chi connectivity index (χ0v) is 9.69. The Bertz CT molecular complexity index is 362. The Hall–Kier alpha value is -1.07. The van der Waals surface area contributed by atoms with Crippen molar-refractivity contribution in [3.8, 4) is 5.75 Å². The van der Waals surface area contributed by atoms with E-state index in [-0.39, 0.29) is 17.9 Å². The zero-order chi connectivity index (χ0) is 11.4. The number of carboxylic acid groups (broad SMARTS) is 1. The van der Waals surface area contributed by atoms with Crippen LogP contribution in [0.3, 0.4) is 0 Å². The maximum Gasteiger partial charge on any atom is 0.339 e. The average Bonchev–Trinajstić information content (AvgIpc) is 2.15. The number of carbonyl (C=O) groups is 1. The highest BCUT2D eigenvalue weighted by molar-refractivity contribution is 9.10. The van der Waals surface area contributed by atoms with Crippen molar-refractivity contribution >= 4 is 21.9 Å². The molecule has 5 heteroatoms. The molecule has 0 amide bonds. The molecule has 82 valence electrons. The van der Waals surface area contributed by atoms with Gasteiger partial charge in [0, 0.05) is 0 Å². The zero-order valence-electron chi connectivity index (χ0n) is 8.11. The van der Waals surface area contributed by atoms with Crippen LogP contribution in [0.25, 0.3) is 0 Å². The van der Waals surface area contributed by atoms with Crippen molar-refractivity contribution in [1.29, 1.82) is 0 Å². The standard InChI is InChI=1S/C10H11BrO4/c1-6(12)5-15-9-7(10(13)14)3-2-4-8(9)11/h2-4,6,12H,5H2,1H3,(H,13,14). The summed E-state index contributed by atoms with van der Waals surface area (Å²) in [6, 6.07) is 4.75. The van der Waals surface area contributed by atoms with Crippen molar-refractivity contribution < 1.29 is 19.7 Å². The summed E-state index contributed by atoms with van der Waals surface area (Å²) in [6.45, 7) is 1.63. The molecule has 0 heterocycles. The van der Waals surface area contributed by atoms with Crippen LogP contribution in [0.5, 0.6) is 5.75 Å². The SMILES string of the molecule is CC(O)COc1c(Br)cccc1C(=O)O. The summed E-state index contributed by atoms with van der Waals surface area (Å²) in [5.41, 5.74) is 0.0741. The van der Waals surface area contributed by atoms with Gasteiger partial charge >= 0.3 is 5.97 Å². The molecule has 0 spiro atoms. The van der Waals surface area contributed by atoms with E-state index in [0.717, 1.165) is 0 Å². The number of hydrogen-bond acceptors (Lipinski definition) is 3. The first-order valence-corrected chi connectivity index (χ1v) is 5.14. The number of halogens is 1. The minimum absolute atomic E-state index is 0.0584. The van der Waals surface area contributed by atoms with Crippen LogP contribution in [0, 0.1) is 0 Å². The highest BCUT2D eigenvalue weighted by Crippen LogP contribution is 2.29. The predicted molar refractivity (Wildman–Crippen MR) is 58.3 cm³/mol. The molecule has 0 aromatic heterocycles. The molecule has 0 fully saturated rings. The van der Waals surface area contributed by atoms with E-state index < -0.39 is 12.1 Å². The number of aromatic carboxylic acids is 1. The number of rotatable bonds is 4. The van der Waals surface area contributed by atoms with Gasteiger partial charge in [-0.05, 0) is 35.0 Å². The predicted octanol–water partition coefficient (Wildman–Crippen LogP) is 1.91. The van der Waals surface area contributed by atoms with Gasteiger partial charge in [0.2, 0.25) is 0 Å². The molecule has 2 N–H and O–H groups in total. The lowest BCUT2D eigenvalue weighted by Crippen LogP contribution is -2.14. The first-order chi connectivity index (χ1) is 7.02. The van der Waals surface area contributed by atoms with Gasteiger partial charge in [0.05, 0.1) is 10.6 Å². The highest BCUT2D eigenvalue weighted by Gasteiger charge is 2.14. The van der Waals surface area contributed by atoms with E-state index in [2.05, 4.69) is 15.9 Å². The van der Waals surface area contributed by atoms with Gasteiger partial charge in [0.1, 0.15) is 17.9 Å². The van der Waals surface area contributed by atoms with Crippen molar-refractivity contribution in [2.45, 2.75) is 13.0 Å². The Morgan fingerprint density at radius 2 is 2.27 bits per heavy atom. The first kappa shape index (κ1) is 12.0. The van der Waals surface area contributed by atoms with Gasteiger partial charge in [-0.2, -0.15) is 0 Å². The van der Waals surface area contributed by atoms with Gasteiger partial charge in [-0.1, -0.05) is 6.07 Å². The lowest BCUT2D eigenvalue weighted by atomic mass is 10.2. The number of para-hydroxylation sites is 1. The normalized spacial score (nSPS) is 12.2. The molecule has 4 nitrogen and oxygen atoms in total. The summed E-state index contributed by atoms with van der Waals surface area (Å²) < 4.78 is 5.77. The van der Waals surface area contributed by atoms with Crippen molar-refractivity contribution in [3.05, 3.63) is 28.2 Å². The summed E-state index contributed by atoms with van der Waals surface area (Å²) in [6.07, 6.45) is -0.640. The summed E-state index contributed by atoms with van der Waals surface area (Å²) in [7, 11) is 0. The fraction of sp³-hybridized carbons (Fsp3) is 0.300. The van der Waals surface area contributed by atoms with E-state index in [4.69, 9.17) is 14.9 Å². The highest BCUT2D eigenvalue weighted by atomic mass is 79.9. The van der Waals surface area contributed by atoms with Gasteiger partial charge in [0.15, 0.2) is 0 Å². The Morgan fingerprint density at radius 3 is 2.80 bits per heavy atom. The largest absolute Gasteiger partial charge is 0.489 e. The molecule has 1 aromatic rings. The topological polar surface area (TPSA) is 66.8 Å². The fourth-order valence-corrected chi connectivity index (χ4v) is 1.51. The van der Waals surface area contributed by atoms with Crippen LogP contribution in [-0.2, 0) is 0 Å². The van der Waals surface area contributed by atoms with Gasteiger partial charge in [-0.3, -0.25) is 0 Å². The summed E-state index contributed by atoms with van der Waals surface area (Å²) in [4.78, 5) is 10.9. The van der Waals surface area contributed by atoms with Crippen LogP contribution in [0.2, 0.25) is 0 Å². The number of aliphatic hydroxyl groups excluding tert-OH is 1. The Kier molecular flexibility index (Phi) is 4.11. The molecular weight excluding hydrogens is 264 g/mol. The average molecular weight is 275 g/mol. The van der Waals surface area contributed by atoms with Crippen molar-refractivity contribution in [2.24, 2.45) is 0 Å². The molecule has 0 aliphatic rings. The first-order valence-electron chi connectivity index (χ1n) is 4.35. The molecule has 1 unspecified atom stereocenters. The Labute approximate surface area is 95.6 Å². The molecule has 1 aromatic carbocycles. The molecule has 15 heavy (non-hydrogen) atoms. The van der Waals surface area contributed by atoms with E-state index in [9.17, 15) is 4.79 Å². The molecule has 0 radical (unpaired) electrons. The van der Waals surface area contributed by atoms with E-state index in [1.54, 1.807) is 19.1 Å². The summed E-state index contributed by atoms with van der Waals surface area (Å²) >= 11 is 3.20. The molecule has 0 saturated heterocycles. The van der Waals surface area contributed by atoms with Crippen LogP contribution in [-0.4, -0.2) is 28.9 Å². The van der Waals surface area contributed by atoms with Crippen LogP contribution in [0.1, 0.15) is 17.3 Å². The number of ether oxygens (including phenoxy) is 1. The number of aliphatic hydroxyl groups is 1. The maximum absolute atomic E-state index is 10.9. The monoisotopic (exact) mass is 274 g/mol. The lowest BCUT2D eigenvalue weighted by molar-refractivity contribution is 0.0685. The van der Waals surface area contributed by atoms with E-state index >= 15 is 0 Å². The second-order valence-electron chi connectivity index (χ2n) is 3.08. The minimum atomic E-state index is -1.06. The van der Waals surface area contributed by atoms with Crippen molar-refractivity contribution in [2.75, 3.05) is 6.61 Å². The number of hydrogen-bond donors (Lipinski definition) is 2. The van der Waals surface area contributed by atoms with Crippen LogP contribution in [0.15, 0.2) is 22.7 Å². The third-order valence-corrected chi connectivity index (χ3v) is 2.29. The molecule has 0 aliphatic carbocycles. The van der Waals surface area contributed by atoms with Gasteiger partial charge in [-0.25, -0.2) is 4.79 Å². The lowest BCUT2D eigenvalue weighted by Gasteiger charge is -2.12. The van der Waals surface area contributed by atoms with Crippen LogP contribution in [0.4, 0.5) is 0 Å². The molecule has 0 aliphatic heterocycles. The van der Waals surface area contributed by atoms with E-state index in [0.29, 0.717) is 4.47 Å². The number of benzene rings is 1. The minimum Gasteiger partial charge on any atom is -0.489 e. The van der Waals surface area contributed by atoms with Gasteiger partial charge < -0.3 is 14.9 Å². The third kappa shape index (κ3) is 3.21. The third-order valence-electron chi connectivity index (χ3n) is 1.67. The second kappa shape index (κ2) is 5.14. The van der Waals surface area contributed by atoms with Gasteiger partial charge in [-0.15, -0.1) is 0 Å². The molecule has 1 atom stereocenters. The van der Waals surface area contributed by atoms with Crippen LogP contribution >= 0.6 is 15.9 Å². The quantitative estimate of drug-likeness (QED) is 0.880. The summed E-state index contributed by atoms with van der Waals surface area (Å²) in [5, 5.41) is 17.9. The van der Waals surface area contributed by atoms with E-state index in [1.165, 1.54) is 6.07 Å². The smallest absolute Gasteiger partial charge is 0.339 e. The molecule has 0 saturated carbocycles. The Morgan fingerprint density at radius 1 is 1.60 bits per heavy atom. The maximum atomic E-state index is 10.9. The molecule has 1 rings (SSSR count). The van der Waals surface area contributed by atoms with Crippen LogP contribution < -0.4 is 4.74 Å². The summed E-state index contributed by atoms with van der Waals surface area (Å²) in [5.74, 6) is -0.817. The number of carboxylic acids is 1. The van der Waals surface area contributed by atoms with Crippen molar-refractivity contribution in [1.82, 2.24) is 0 Å². The van der Waals surface area contributed by atoms with Crippen molar-refractivity contribution in [3.63, 3.8) is 0 Å². The fourth-order valence-electron chi connectivity index (χ4n) is 1.03.